The summed E-state index contributed by atoms with van der Waals surface area (Å²) in [6.07, 6.45) is 5.93. The third-order valence-corrected chi connectivity index (χ3v) is 8.53. The first-order chi connectivity index (χ1) is 21.1. The van der Waals surface area contributed by atoms with Gasteiger partial charge in [-0.3, -0.25) is 0 Å². The zero-order valence-corrected chi connectivity index (χ0v) is 25.8. The van der Waals surface area contributed by atoms with Gasteiger partial charge in [0.25, 0.3) is 11.7 Å². The number of nitrogens with zero attached hydrogens (tertiary/aromatic N) is 3. The Bertz CT molecular complexity index is 2140. The normalized spacial score (nSPS) is 14.3. The van der Waals surface area contributed by atoms with Crippen molar-refractivity contribution in [3.63, 3.8) is 0 Å². The van der Waals surface area contributed by atoms with E-state index >= 15 is 0 Å². The topological polar surface area (TPSA) is 53.8 Å². The minimum Gasteiger partial charge on any atom is -0.455 e. The monoisotopic (exact) mass is 597 g/mol. The van der Waals surface area contributed by atoms with Gasteiger partial charge in [-0.15, -0.1) is 11.3 Å². The maximum absolute atomic E-state index is 14.0. The van der Waals surface area contributed by atoms with E-state index < -0.39 is 6.01 Å². The maximum atomic E-state index is 14.0. The largest absolute Gasteiger partial charge is 0.455 e. The highest BCUT2D eigenvalue weighted by Crippen LogP contribution is 2.43. The molecule has 0 N–H and O–H groups in total. The van der Waals surface area contributed by atoms with Crippen LogP contribution in [0.15, 0.2) is 100 Å². The lowest BCUT2D eigenvalue weighted by Crippen LogP contribution is -2.13. The molecular weight excluding hydrogens is 569 g/mol. The highest BCUT2D eigenvalue weighted by molar-refractivity contribution is 7.20. The average molecular weight is 598 g/mol. The SMILES string of the molecule is [C-]#[N+]/C(C#N)=C1/C=C(F)OC(/C=C/c2cc3oc4cc(N(c5cc(C)cc(C)c5)c5c(C)cc(C)cc5C)ccc4c3s2)=C1. The van der Waals surface area contributed by atoms with E-state index in [4.69, 9.17) is 21.0 Å². The zero-order valence-electron chi connectivity index (χ0n) is 24.9. The molecule has 1 aliphatic rings. The number of halogens is 1. The number of allylic oxidation sites excluding steroid dienone is 5. The third-order valence-electron chi connectivity index (χ3n) is 7.41. The van der Waals surface area contributed by atoms with Crippen molar-refractivity contribution in [2.24, 2.45) is 0 Å². The van der Waals surface area contributed by atoms with Gasteiger partial charge >= 0.3 is 0 Å². The summed E-state index contributed by atoms with van der Waals surface area (Å²) in [6.45, 7) is 17.8. The van der Waals surface area contributed by atoms with Crippen LogP contribution in [0.5, 0.6) is 0 Å². The van der Waals surface area contributed by atoms with Crippen LogP contribution in [0.3, 0.4) is 0 Å². The highest BCUT2D eigenvalue weighted by atomic mass is 32.1. The van der Waals surface area contributed by atoms with Crippen molar-refractivity contribution < 1.29 is 13.5 Å². The summed E-state index contributed by atoms with van der Waals surface area (Å²) in [5, 5.41) is 10.2. The Morgan fingerprint density at radius 2 is 1.59 bits per heavy atom. The fraction of sp³-hybridized carbons (Fsp3) is 0.135. The molecule has 44 heavy (non-hydrogen) atoms. The number of nitriles is 1. The van der Waals surface area contributed by atoms with Gasteiger partial charge in [0.05, 0.1) is 23.0 Å². The van der Waals surface area contributed by atoms with E-state index in [2.05, 4.69) is 92.9 Å². The number of hydrogen-bond donors (Lipinski definition) is 0. The number of ether oxygens (including phenoxy) is 1. The zero-order chi connectivity index (χ0) is 31.1. The number of rotatable bonds is 5. The summed E-state index contributed by atoms with van der Waals surface area (Å²) in [7, 11) is 0. The number of furan rings is 1. The van der Waals surface area contributed by atoms with Gasteiger partial charge in [-0.1, -0.05) is 23.8 Å². The van der Waals surface area contributed by atoms with Gasteiger partial charge in [0, 0.05) is 39.4 Å². The van der Waals surface area contributed by atoms with Crippen molar-refractivity contribution in [1.29, 1.82) is 5.26 Å². The summed E-state index contributed by atoms with van der Waals surface area (Å²) >= 11 is 1.56. The lowest BCUT2D eigenvalue weighted by atomic mass is 10.0. The molecule has 5 aromatic rings. The predicted molar refractivity (Wildman–Crippen MR) is 177 cm³/mol. The predicted octanol–water partition coefficient (Wildman–Crippen LogP) is 11.1. The molecule has 7 heteroatoms. The van der Waals surface area contributed by atoms with Crippen molar-refractivity contribution in [3.05, 3.63) is 140 Å². The fourth-order valence-corrected chi connectivity index (χ4v) is 6.83. The number of aryl methyl sites for hydroxylation is 5. The molecule has 6 rings (SSSR count). The second-order valence-corrected chi connectivity index (χ2v) is 12.1. The second-order valence-electron chi connectivity index (χ2n) is 11.0. The minimum atomic E-state index is -0.869. The van der Waals surface area contributed by atoms with E-state index in [0.29, 0.717) is 0 Å². The van der Waals surface area contributed by atoms with Crippen molar-refractivity contribution >= 4 is 55.7 Å². The van der Waals surface area contributed by atoms with Crippen LogP contribution in [-0.2, 0) is 4.74 Å². The van der Waals surface area contributed by atoms with Crippen LogP contribution in [0, 0.1) is 52.5 Å². The van der Waals surface area contributed by atoms with Gasteiger partial charge in [0.15, 0.2) is 0 Å². The molecule has 0 unspecified atom stereocenters. The molecule has 3 aromatic carbocycles. The molecule has 2 aromatic heterocycles. The standard InChI is InChI=1S/C37H28FN3O2S/c1-21-11-22(2)15-28(14-21)41(36-24(4)12-23(3)13-25(36)5)27-7-10-31-33(18-27)43-34-19-30(44-37(31)34)9-8-29-16-26(17-35(38)42-29)32(20-39)40-6/h7-19H,1-5H3/b9-8+,32-26+. The second kappa shape index (κ2) is 11.4. The summed E-state index contributed by atoms with van der Waals surface area (Å²) in [6, 6.07) is 20.2. The van der Waals surface area contributed by atoms with Crippen LogP contribution < -0.4 is 4.90 Å². The number of thiophene rings is 1. The van der Waals surface area contributed by atoms with Crippen LogP contribution in [-0.4, -0.2) is 0 Å². The average Bonchev–Trinajstić information content (AvgIpc) is 3.50. The van der Waals surface area contributed by atoms with Gasteiger partial charge in [0.2, 0.25) is 0 Å². The summed E-state index contributed by atoms with van der Waals surface area (Å²) in [4.78, 5) is 6.36. The molecule has 0 radical (unpaired) electrons. The molecule has 5 nitrogen and oxygen atoms in total. The molecule has 0 atom stereocenters. The highest BCUT2D eigenvalue weighted by Gasteiger charge is 2.20. The van der Waals surface area contributed by atoms with E-state index in [1.54, 1.807) is 29.6 Å². The molecule has 0 aliphatic carbocycles. The smallest absolute Gasteiger partial charge is 0.277 e. The Labute approximate surface area is 259 Å². The minimum absolute atomic E-state index is 0.179. The summed E-state index contributed by atoms with van der Waals surface area (Å²) in [5.74, 6) is 0.198. The van der Waals surface area contributed by atoms with Crippen LogP contribution >= 0.6 is 11.3 Å². The van der Waals surface area contributed by atoms with Crippen LogP contribution in [0.2, 0.25) is 0 Å². The van der Waals surface area contributed by atoms with Crippen molar-refractivity contribution in [3.8, 4) is 6.07 Å². The first kappa shape index (κ1) is 28.7. The first-order valence-electron chi connectivity index (χ1n) is 14.0. The van der Waals surface area contributed by atoms with Gasteiger partial charge in [-0.2, -0.15) is 4.39 Å². The molecule has 0 fully saturated rings. The van der Waals surface area contributed by atoms with Gasteiger partial charge in [0.1, 0.15) is 16.9 Å². The fourth-order valence-electron chi connectivity index (χ4n) is 5.82. The lowest BCUT2D eigenvalue weighted by molar-refractivity contribution is 0.222. The van der Waals surface area contributed by atoms with E-state index in [0.717, 1.165) is 49.3 Å². The van der Waals surface area contributed by atoms with Crippen LogP contribution in [0.1, 0.15) is 32.7 Å². The molecule has 3 heterocycles. The molecule has 0 saturated carbocycles. The Morgan fingerprint density at radius 1 is 0.886 bits per heavy atom. The Morgan fingerprint density at radius 3 is 2.27 bits per heavy atom. The molecule has 0 saturated heterocycles. The van der Waals surface area contributed by atoms with Crippen molar-refractivity contribution in [2.45, 2.75) is 34.6 Å². The molecular formula is C37H28FN3O2S. The lowest BCUT2D eigenvalue weighted by Gasteiger charge is -2.29. The van der Waals surface area contributed by atoms with Gasteiger partial charge in [-0.25, -0.2) is 10.1 Å². The summed E-state index contributed by atoms with van der Waals surface area (Å²) in [5.41, 5.74) is 10.8. The van der Waals surface area contributed by atoms with Crippen molar-refractivity contribution in [1.82, 2.24) is 0 Å². The Balaban J connectivity index is 1.39. The Hall–Kier alpha value is -5.37. The van der Waals surface area contributed by atoms with Crippen molar-refractivity contribution in [2.75, 3.05) is 4.90 Å². The van der Waals surface area contributed by atoms with Crippen LogP contribution in [0.4, 0.5) is 21.5 Å². The van der Waals surface area contributed by atoms with Crippen LogP contribution in [0.25, 0.3) is 32.2 Å². The van der Waals surface area contributed by atoms with Gasteiger partial charge < -0.3 is 14.1 Å². The van der Waals surface area contributed by atoms with E-state index in [1.807, 2.05) is 6.07 Å². The molecule has 0 amide bonds. The summed E-state index contributed by atoms with van der Waals surface area (Å²) < 4.78 is 26.6. The van der Waals surface area contributed by atoms with E-state index in [-0.39, 0.29) is 17.0 Å². The number of hydrogen-bond acceptors (Lipinski definition) is 5. The van der Waals surface area contributed by atoms with E-state index in [1.165, 1.54) is 33.9 Å². The molecule has 216 valence electrons. The van der Waals surface area contributed by atoms with E-state index in [9.17, 15) is 4.39 Å². The quantitative estimate of drug-likeness (QED) is 0.149. The Kier molecular flexibility index (Phi) is 7.43. The number of benzene rings is 3. The molecule has 0 spiro atoms. The number of fused-ring (bicyclic) bond motifs is 3. The maximum Gasteiger partial charge on any atom is 0.277 e. The first-order valence-corrected chi connectivity index (χ1v) is 14.8. The molecule has 0 bridgehead atoms. The number of anilines is 3. The van der Waals surface area contributed by atoms with Gasteiger partial charge in [-0.05, 0) is 105 Å². The third kappa shape index (κ3) is 5.42. The molecule has 1 aliphatic heterocycles.